The van der Waals surface area contributed by atoms with Crippen LogP contribution >= 0.6 is 58.0 Å². The number of rotatable bonds is 53. The van der Waals surface area contributed by atoms with Gasteiger partial charge in [-0.15, -0.1) is 34.8 Å². The molecule has 0 saturated heterocycles. The number of nitro groups is 2. The molecule has 2 heterocycles. The van der Waals surface area contributed by atoms with E-state index < -0.39 is 87.2 Å². The Morgan fingerprint density at radius 3 is 1.11 bits per heavy atom. The molecule has 37 nitrogen and oxygen atoms in total. The zero-order valence-electron chi connectivity index (χ0n) is 83.8. The van der Waals surface area contributed by atoms with E-state index in [1.807, 2.05) is 6.07 Å². The number of ether oxygens (including phenoxy) is 3. The number of furan rings is 2. The Kier molecular flexibility index (Phi) is 44.8. The average molecular weight is 2160 g/mol. The normalized spacial score (nSPS) is 15.8. The molecule has 6 unspecified atom stereocenters. The van der Waals surface area contributed by atoms with Crippen LogP contribution in [0.5, 0.6) is 28.7 Å². The maximum atomic E-state index is 14.2. The van der Waals surface area contributed by atoms with Crippen LogP contribution in [0.2, 0.25) is 0 Å². The van der Waals surface area contributed by atoms with Crippen LogP contribution in [0.3, 0.4) is 0 Å². The van der Waals surface area contributed by atoms with Crippen molar-refractivity contribution in [3.8, 4) is 28.7 Å². The second-order valence-corrected chi connectivity index (χ2v) is 44.3. The van der Waals surface area contributed by atoms with Gasteiger partial charge in [-0.05, 0) is 281 Å². The average Bonchev–Trinajstić information content (AvgIpc) is 0.969. The quantitative estimate of drug-likeness (QED) is 0.00612. The molecule has 13 rings (SSSR count). The number of ketones is 2. The van der Waals surface area contributed by atoms with Crippen molar-refractivity contribution in [1.29, 1.82) is 0 Å². The summed E-state index contributed by atoms with van der Waals surface area (Å²) in [6, 6.07) is 44.2. The minimum Gasteiger partial charge on any atom is -0.492 e. The summed E-state index contributed by atoms with van der Waals surface area (Å²) in [4.78, 5) is 123. The number of carbonyl (C=O) groups is 8. The van der Waals surface area contributed by atoms with E-state index in [1.165, 1.54) is 151 Å². The summed E-state index contributed by atoms with van der Waals surface area (Å²) >= 11 is 17.4. The molecule has 7 aromatic carbocycles. The van der Waals surface area contributed by atoms with Crippen LogP contribution in [-0.2, 0) is 40.5 Å². The van der Waals surface area contributed by atoms with Crippen LogP contribution in [0.1, 0.15) is 285 Å². The zero-order valence-corrected chi connectivity index (χ0v) is 88.7. The predicted molar refractivity (Wildman–Crippen MR) is 563 cm³/mol. The number of benzene rings is 7. The third-order valence-corrected chi connectivity index (χ3v) is 32.5. The van der Waals surface area contributed by atoms with Gasteiger partial charge in [0, 0.05) is 76.4 Å². The number of primary amides is 3. The number of hydrogen-bond donors (Lipinski definition) is 7. The van der Waals surface area contributed by atoms with E-state index in [1.54, 1.807) is 139 Å². The van der Waals surface area contributed by atoms with Gasteiger partial charge in [0.2, 0.25) is 0 Å². The van der Waals surface area contributed by atoms with Crippen molar-refractivity contribution in [1.82, 2.24) is 30.0 Å². The first-order valence-electron chi connectivity index (χ1n) is 49.5. The van der Waals surface area contributed by atoms with Crippen molar-refractivity contribution in [2.45, 2.75) is 187 Å². The zero-order chi connectivity index (χ0) is 107. The summed E-state index contributed by atoms with van der Waals surface area (Å²) < 4.78 is 104. The van der Waals surface area contributed by atoms with Crippen molar-refractivity contribution in [2.75, 3.05) is 89.9 Å². The van der Waals surface area contributed by atoms with Crippen molar-refractivity contribution in [3.05, 3.63) is 281 Å². The highest BCUT2D eigenvalue weighted by atomic mass is 35.5. The molecule has 3 fully saturated rings. The molecular formula is C105H130Cl3N12O25P3. The highest BCUT2D eigenvalue weighted by Crippen LogP contribution is 2.55. The van der Waals surface area contributed by atoms with Crippen LogP contribution in [0.4, 0.5) is 17.5 Å². The highest BCUT2D eigenvalue weighted by Gasteiger charge is 2.39. The largest absolute Gasteiger partial charge is 0.492 e. The SMILES string of the molecule is CC(NC(=O)c1ccc(NP(=O)(OCc2ccc([N+](=O)[O-])o2)N(C)CCCCCl)cc1)c1ccc(OCC2CCCCC2)c(C(N)=O)c1.CC(NC(=O)c1ccc(OP(=O)(OCC2=CC(=O)c3ccccc3C2=O)N(C)CCCCCl)cc1)c1ccc(OCC2CCCCC2)c(C(N)=O)c1.CC(NC(=O)c1ccc(OP(=O)(OCc2ccc([N+](=O)[O-])o2)N(C)CCCCCl)cc1)c1ccc(OCC2CCCCC2)c(C(N)=O)c1. The Hall–Kier alpha value is -12.1. The Balaban J connectivity index is 0.000000211. The van der Waals surface area contributed by atoms with Crippen LogP contribution in [0.15, 0.2) is 196 Å². The number of halogens is 3. The van der Waals surface area contributed by atoms with E-state index >= 15 is 0 Å². The van der Waals surface area contributed by atoms with Gasteiger partial charge in [-0.2, -0.15) is 0 Å². The fraction of sp³-hybridized carbons (Fsp3) is 0.429. The molecule has 6 atom stereocenters. The lowest BCUT2D eigenvalue weighted by Gasteiger charge is -2.28. The Morgan fingerprint density at radius 1 is 0.432 bits per heavy atom. The molecule has 0 radical (unpaired) electrons. The number of hydrogen-bond acceptors (Lipinski definition) is 25. The predicted octanol–water partition coefficient (Wildman–Crippen LogP) is 22.5. The van der Waals surface area contributed by atoms with E-state index in [0.29, 0.717) is 175 Å². The number of anilines is 1. The summed E-state index contributed by atoms with van der Waals surface area (Å²) in [6.07, 6.45) is 22.7. The summed E-state index contributed by atoms with van der Waals surface area (Å²) in [7, 11) is -6.98. The standard InChI is InChI=1S/C39H45ClN3O8P.C33H43ClN5O8P.C33H42ClN4O9P/c1-26(29-16-19-36(34(22-29)38(41)46)49-24-27-10-4-3-5-11-27)42-39(47)28-14-17-31(18-15-28)51-52(48,43(2)21-9-8-20-40)50-25-30-23-35(44)32-12-6-7-13-33(32)37(30)45;1-23(26-12-16-30(29(20-26)32(35)40)45-21-24-8-4-3-5-9-24)36-33(41)25-10-13-27(14-11-25)37-48(44,38(2)19-7-6-18-34)46-22-28-15-17-31(47-28)39(42)43;1-23(26-12-16-30(29(20-26)32(35)39)44-21-24-8-4-3-5-9-24)36-33(40)25-10-13-27(14-11-25)47-48(43,37(2)19-7-6-18-34)45-22-28-15-17-31(46-28)38(41)42/h6-7,12-19,22-23,26-27H,3-5,8-11,20-21,24-25H2,1-2H3,(H2,41,46)(H,42,47);10-17,20,23-24H,3-9,18-19,21-22H2,1-2H3,(H2,35,40)(H,36,41)(H,37,44);10-17,20,23-24H,3-9,18-19,21-22H2,1-2H3,(H2,35,39)(H,36,40). The van der Waals surface area contributed by atoms with Gasteiger partial charge < -0.3 is 70.3 Å². The number of amides is 6. The van der Waals surface area contributed by atoms with E-state index in [9.17, 15) is 72.3 Å². The number of alkyl halides is 3. The summed E-state index contributed by atoms with van der Waals surface area (Å²) in [5, 5.41) is 33.6. The van der Waals surface area contributed by atoms with E-state index in [-0.39, 0.29) is 93.3 Å². The molecule has 43 heteroatoms. The molecule has 796 valence electrons. The molecule has 3 saturated carbocycles. The van der Waals surface area contributed by atoms with Gasteiger partial charge in [0.1, 0.15) is 63.3 Å². The number of fused-ring (bicyclic) bond motifs is 1. The molecule has 6 amide bonds. The van der Waals surface area contributed by atoms with E-state index in [4.69, 9.17) is 97.7 Å². The first-order chi connectivity index (χ1) is 71.0. The van der Waals surface area contributed by atoms with Crippen LogP contribution in [0, 0.1) is 38.0 Å². The van der Waals surface area contributed by atoms with Gasteiger partial charge in [-0.25, -0.2) is 27.7 Å². The lowest BCUT2D eigenvalue weighted by atomic mass is 9.90. The number of nitrogens with zero attached hydrogens (tertiary/aromatic N) is 5. The lowest BCUT2D eigenvalue weighted by Crippen LogP contribution is -2.27. The maximum absolute atomic E-state index is 14.2. The van der Waals surface area contributed by atoms with Gasteiger partial charge in [-0.1, -0.05) is 100 Å². The summed E-state index contributed by atoms with van der Waals surface area (Å²) in [6.45, 7) is 7.03. The van der Waals surface area contributed by atoms with Gasteiger partial charge in [0.15, 0.2) is 11.6 Å². The molecule has 148 heavy (non-hydrogen) atoms. The second-order valence-electron chi connectivity index (χ2n) is 36.8. The van der Waals surface area contributed by atoms with Crippen molar-refractivity contribution in [3.63, 3.8) is 0 Å². The fourth-order valence-corrected chi connectivity index (χ4v) is 22.0. The fourth-order valence-electron chi connectivity index (χ4n) is 16.9. The van der Waals surface area contributed by atoms with Crippen LogP contribution in [-0.4, -0.2) is 156 Å². The molecular weight excluding hydrogens is 2030 g/mol. The molecule has 9 aromatic rings. The first kappa shape index (κ1) is 116. The van der Waals surface area contributed by atoms with E-state index in [2.05, 4.69) is 21.0 Å². The molecule has 4 aliphatic rings. The minimum atomic E-state index is -4.06. The van der Waals surface area contributed by atoms with Crippen LogP contribution in [0.25, 0.3) is 0 Å². The van der Waals surface area contributed by atoms with Gasteiger partial charge >= 0.3 is 34.9 Å². The number of unbranched alkanes of at least 4 members (excludes halogenated alkanes) is 3. The lowest BCUT2D eigenvalue weighted by molar-refractivity contribution is -0.402. The number of nitrogens with two attached hydrogens (primary N) is 3. The molecule has 2 aromatic heterocycles. The highest BCUT2D eigenvalue weighted by molar-refractivity contribution is 7.58. The molecule has 10 N–H and O–H groups in total. The topological polar surface area (TPSA) is 510 Å². The number of allylic oxidation sites excluding steroid dienone is 1. The monoisotopic (exact) mass is 2160 g/mol. The Labute approximate surface area is 875 Å². The van der Waals surface area contributed by atoms with Gasteiger partial charge in [0.25, 0.3) is 35.4 Å². The Morgan fingerprint density at radius 2 is 0.770 bits per heavy atom. The number of nitrogens with one attached hydrogen (secondary N) is 4. The van der Waals surface area contributed by atoms with Gasteiger partial charge in [-0.3, -0.25) is 72.2 Å². The van der Waals surface area contributed by atoms with Crippen molar-refractivity contribution >= 4 is 122 Å². The third-order valence-electron chi connectivity index (χ3n) is 25.7. The maximum Gasteiger partial charge on any atom is 0.461 e. The van der Waals surface area contributed by atoms with E-state index in [0.717, 1.165) is 38.5 Å². The third kappa shape index (κ3) is 34.2. The van der Waals surface area contributed by atoms with Crippen molar-refractivity contribution < 1.29 is 108 Å². The summed E-state index contributed by atoms with van der Waals surface area (Å²) in [5.41, 5.74) is 21.9. The smallest absolute Gasteiger partial charge is 0.461 e. The van der Waals surface area contributed by atoms with Crippen molar-refractivity contribution in [2.24, 2.45) is 35.0 Å². The minimum absolute atomic E-state index is 0.0624. The molecule has 4 aliphatic carbocycles. The summed E-state index contributed by atoms with van der Waals surface area (Å²) in [5.74, 6) is 0.00260. The molecule has 0 bridgehead atoms. The van der Waals surface area contributed by atoms with Crippen LogP contribution < -0.4 is 61.5 Å². The molecule has 0 spiro atoms. The number of carbonyl (C=O) groups excluding carboxylic acids is 8. The molecule has 0 aliphatic heterocycles. The Bertz CT molecular complexity index is 5980. The number of Topliss-reactive ketones (excluding diaryl/α,β-unsaturated/α-hetero) is 1. The second kappa shape index (κ2) is 57.1. The first-order valence-corrected chi connectivity index (χ1v) is 55.6. The van der Waals surface area contributed by atoms with Gasteiger partial charge in [0.05, 0.1) is 73.4 Å².